The summed E-state index contributed by atoms with van der Waals surface area (Å²) >= 11 is 0. The standard InChI is InChI=1S/C27H23NO8/c1-3-31-20-6-4-5-7-22(20)36-27-16(2)35-23-13-18(9-10-19(23)26(27)30)32-14-25(29)28-17-8-11-21-24(12-17)34-15-33-21/h4-13H,3,14-15H2,1-2H3,(H,28,29). The lowest BCUT2D eigenvalue weighted by Gasteiger charge is -2.13. The summed E-state index contributed by atoms with van der Waals surface area (Å²) in [5.41, 5.74) is 0.551. The van der Waals surface area contributed by atoms with Crippen molar-refractivity contribution in [2.75, 3.05) is 25.3 Å². The summed E-state index contributed by atoms with van der Waals surface area (Å²) in [5.74, 6) is 2.54. The predicted octanol–water partition coefficient (Wildman–Crippen LogP) is 5.04. The normalized spacial score (nSPS) is 11.8. The van der Waals surface area contributed by atoms with Gasteiger partial charge in [0.05, 0.1) is 12.0 Å². The molecular formula is C27H23NO8. The predicted molar refractivity (Wildman–Crippen MR) is 132 cm³/mol. The molecule has 1 aliphatic rings. The van der Waals surface area contributed by atoms with E-state index >= 15 is 0 Å². The molecule has 3 aromatic carbocycles. The number of rotatable bonds is 8. The molecule has 184 valence electrons. The van der Waals surface area contributed by atoms with Crippen LogP contribution in [0, 0.1) is 6.92 Å². The summed E-state index contributed by atoms with van der Waals surface area (Å²) in [6.45, 7) is 3.89. The molecule has 0 saturated carbocycles. The van der Waals surface area contributed by atoms with Crippen LogP contribution < -0.4 is 34.4 Å². The van der Waals surface area contributed by atoms with Crippen molar-refractivity contribution in [1.29, 1.82) is 0 Å². The zero-order chi connectivity index (χ0) is 25.1. The summed E-state index contributed by atoms with van der Waals surface area (Å²) in [6.07, 6.45) is 0. The molecule has 36 heavy (non-hydrogen) atoms. The Labute approximate surface area is 206 Å². The van der Waals surface area contributed by atoms with Gasteiger partial charge >= 0.3 is 0 Å². The van der Waals surface area contributed by atoms with Crippen LogP contribution in [-0.2, 0) is 4.79 Å². The average Bonchev–Trinajstić information content (AvgIpc) is 3.34. The number of ether oxygens (including phenoxy) is 5. The van der Waals surface area contributed by atoms with E-state index in [-0.39, 0.29) is 30.5 Å². The van der Waals surface area contributed by atoms with E-state index < -0.39 is 0 Å². The molecule has 2 heterocycles. The first-order valence-electron chi connectivity index (χ1n) is 11.3. The molecule has 0 aliphatic carbocycles. The van der Waals surface area contributed by atoms with Crippen LogP contribution in [0.4, 0.5) is 5.69 Å². The largest absolute Gasteiger partial charge is 0.490 e. The maximum atomic E-state index is 13.1. The quantitative estimate of drug-likeness (QED) is 0.367. The lowest BCUT2D eigenvalue weighted by Crippen LogP contribution is -2.20. The maximum Gasteiger partial charge on any atom is 0.262 e. The Morgan fingerprint density at radius 3 is 2.61 bits per heavy atom. The van der Waals surface area contributed by atoms with Gasteiger partial charge in [0.15, 0.2) is 29.6 Å². The van der Waals surface area contributed by atoms with E-state index in [1.807, 2.05) is 13.0 Å². The molecule has 1 N–H and O–H groups in total. The van der Waals surface area contributed by atoms with Crippen LogP contribution in [0.15, 0.2) is 69.9 Å². The molecule has 9 nitrogen and oxygen atoms in total. The minimum atomic E-state index is -0.358. The van der Waals surface area contributed by atoms with E-state index in [0.29, 0.717) is 57.8 Å². The molecule has 0 saturated heterocycles. The van der Waals surface area contributed by atoms with E-state index in [1.54, 1.807) is 61.5 Å². The number of carbonyl (C=O) groups is 1. The second-order valence-electron chi connectivity index (χ2n) is 7.86. The molecule has 1 aromatic heterocycles. The van der Waals surface area contributed by atoms with Gasteiger partial charge < -0.3 is 33.4 Å². The molecule has 0 radical (unpaired) electrons. The second-order valence-corrected chi connectivity index (χ2v) is 7.86. The SMILES string of the molecule is CCOc1ccccc1Oc1c(C)oc2cc(OCC(=O)Nc3ccc4c(c3)OCO4)ccc2c1=O. The Hall–Kier alpha value is -4.66. The van der Waals surface area contributed by atoms with Crippen molar-refractivity contribution in [3.8, 4) is 34.5 Å². The molecule has 4 aromatic rings. The molecule has 1 amide bonds. The highest BCUT2D eigenvalue weighted by Gasteiger charge is 2.17. The first-order chi connectivity index (χ1) is 17.5. The van der Waals surface area contributed by atoms with Gasteiger partial charge in [-0.25, -0.2) is 0 Å². The zero-order valence-corrected chi connectivity index (χ0v) is 19.7. The third kappa shape index (κ3) is 4.76. The molecule has 5 rings (SSSR count). The number of para-hydroxylation sites is 2. The van der Waals surface area contributed by atoms with Gasteiger partial charge in [-0.05, 0) is 50.2 Å². The molecule has 0 bridgehead atoms. The fourth-order valence-electron chi connectivity index (χ4n) is 3.72. The van der Waals surface area contributed by atoms with Crippen molar-refractivity contribution in [1.82, 2.24) is 0 Å². The number of carbonyl (C=O) groups excluding carboxylic acids is 1. The van der Waals surface area contributed by atoms with Gasteiger partial charge in [-0.1, -0.05) is 12.1 Å². The Morgan fingerprint density at radius 1 is 0.972 bits per heavy atom. The lowest BCUT2D eigenvalue weighted by molar-refractivity contribution is -0.118. The fraction of sp³-hybridized carbons (Fsp3) is 0.185. The van der Waals surface area contributed by atoms with Gasteiger partial charge in [0.25, 0.3) is 5.91 Å². The summed E-state index contributed by atoms with van der Waals surface area (Å²) in [7, 11) is 0. The molecule has 0 atom stereocenters. The average molecular weight is 489 g/mol. The Balaban J connectivity index is 1.30. The van der Waals surface area contributed by atoms with Gasteiger partial charge in [-0.15, -0.1) is 0 Å². The van der Waals surface area contributed by atoms with E-state index in [0.717, 1.165) is 0 Å². The van der Waals surface area contributed by atoms with Gasteiger partial charge in [-0.2, -0.15) is 0 Å². The number of benzene rings is 3. The van der Waals surface area contributed by atoms with E-state index in [9.17, 15) is 9.59 Å². The monoisotopic (exact) mass is 489 g/mol. The minimum absolute atomic E-state index is 0.0754. The van der Waals surface area contributed by atoms with Gasteiger partial charge in [0, 0.05) is 17.8 Å². The fourth-order valence-corrected chi connectivity index (χ4v) is 3.72. The van der Waals surface area contributed by atoms with Crippen LogP contribution >= 0.6 is 0 Å². The van der Waals surface area contributed by atoms with E-state index in [2.05, 4.69) is 5.32 Å². The van der Waals surface area contributed by atoms with E-state index in [1.165, 1.54) is 0 Å². The Bertz CT molecular complexity index is 1490. The Kier molecular flexibility index (Phi) is 6.36. The smallest absolute Gasteiger partial charge is 0.262 e. The number of amides is 1. The van der Waals surface area contributed by atoms with Crippen molar-refractivity contribution in [3.05, 3.63) is 76.6 Å². The molecular weight excluding hydrogens is 466 g/mol. The third-order valence-corrected chi connectivity index (χ3v) is 5.37. The molecule has 1 aliphatic heterocycles. The highest BCUT2D eigenvalue weighted by molar-refractivity contribution is 5.92. The summed E-state index contributed by atoms with van der Waals surface area (Å²) in [6, 6.07) is 17.0. The van der Waals surface area contributed by atoms with Crippen LogP contribution in [-0.4, -0.2) is 25.9 Å². The van der Waals surface area contributed by atoms with Crippen molar-refractivity contribution >= 4 is 22.6 Å². The zero-order valence-electron chi connectivity index (χ0n) is 19.7. The second kappa shape index (κ2) is 9.91. The van der Waals surface area contributed by atoms with E-state index in [4.69, 9.17) is 28.1 Å². The van der Waals surface area contributed by atoms with Crippen LogP contribution in [0.5, 0.6) is 34.5 Å². The third-order valence-electron chi connectivity index (χ3n) is 5.37. The summed E-state index contributed by atoms with van der Waals surface area (Å²) in [4.78, 5) is 25.5. The van der Waals surface area contributed by atoms with Gasteiger partial charge in [0.1, 0.15) is 17.1 Å². The van der Waals surface area contributed by atoms with Gasteiger partial charge in [0.2, 0.25) is 18.0 Å². The number of anilines is 1. The molecule has 0 unspecified atom stereocenters. The number of aryl methyl sites for hydroxylation is 1. The number of hydrogen-bond acceptors (Lipinski definition) is 8. The van der Waals surface area contributed by atoms with Crippen LogP contribution in [0.3, 0.4) is 0 Å². The van der Waals surface area contributed by atoms with Crippen molar-refractivity contribution in [3.63, 3.8) is 0 Å². The maximum absolute atomic E-state index is 13.1. The number of hydrogen-bond donors (Lipinski definition) is 1. The van der Waals surface area contributed by atoms with Crippen LogP contribution in [0.25, 0.3) is 11.0 Å². The summed E-state index contributed by atoms with van der Waals surface area (Å²) in [5, 5.41) is 3.06. The van der Waals surface area contributed by atoms with Crippen LogP contribution in [0.1, 0.15) is 12.7 Å². The lowest BCUT2D eigenvalue weighted by atomic mass is 10.2. The number of fused-ring (bicyclic) bond motifs is 2. The first-order valence-corrected chi connectivity index (χ1v) is 11.3. The molecule has 0 spiro atoms. The first kappa shape index (κ1) is 23.1. The van der Waals surface area contributed by atoms with Gasteiger partial charge in [-0.3, -0.25) is 9.59 Å². The van der Waals surface area contributed by atoms with Crippen molar-refractivity contribution < 1.29 is 32.9 Å². The van der Waals surface area contributed by atoms with Crippen molar-refractivity contribution in [2.45, 2.75) is 13.8 Å². The molecule has 0 fully saturated rings. The highest BCUT2D eigenvalue weighted by atomic mass is 16.7. The number of nitrogens with one attached hydrogen (secondary N) is 1. The van der Waals surface area contributed by atoms with Crippen LogP contribution in [0.2, 0.25) is 0 Å². The topological polar surface area (TPSA) is 105 Å². The Morgan fingerprint density at radius 2 is 1.78 bits per heavy atom. The highest BCUT2D eigenvalue weighted by Crippen LogP contribution is 2.35. The summed E-state index contributed by atoms with van der Waals surface area (Å²) < 4.78 is 33.5. The van der Waals surface area contributed by atoms with Crippen molar-refractivity contribution in [2.24, 2.45) is 0 Å². The minimum Gasteiger partial charge on any atom is -0.490 e. The molecule has 9 heteroatoms.